The molecule has 0 radical (unpaired) electrons. The van der Waals surface area contributed by atoms with E-state index < -0.39 is 11.7 Å². The van der Waals surface area contributed by atoms with Crippen LogP contribution in [0.1, 0.15) is 30.9 Å². The fraction of sp³-hybridized carbons (Fsp3) is 0.400. The van der Waals surface area contributed by atoms with Crippen LogP contribution in [0.4, 0.5) is 18.9 Å². The SMILES string of the molecule is CC(C)c1cc(N)cc(Cl)c1C(F)(F)F. The van der Waals surface area contributed by atoms with E-state index in [9.17, 15) is 13.2 Å². The van der Waals surface area contributed by atoms with Crippen LogP contribution in [0, 0.1) is 0 Å². The second-order valence-corrected chi connectivity index (χ2v) is 4.03. The molecule has 0 fully saturated rings. The lowest BCUT2D eigenvalue weighted by molar-refractivity contribution is -0.138. The average Bonchev–Trinajstić information content (AvgIpc) is 1.99. The van der Waals surface area contributed by atoms with Crippen LogP contribution in [-0.2, 0) is 6.18 Å². The highest BCUT2D eigenvalue weighted by Crippen LogP contribution is 2.40. The van der Waals surface area contributed by atoms with Crippen LogP contribution in [0.2, 0.25) is 5.02 Å². The number of rotatable bonds is 1. The molecule has 2 N–H and O–H groups in total. The van der Waals surface area contributed by atoms with Gasteiger partial charge in [-0.25, -0.2) is 0 Å². The molecule has 0 aromatic heterocycles. The van der Waals surface area contributed by atoms with Gasteiger partial charge in [0.1, 0.15) is 0 Å². The molecule has 5 heteroatoms. The molecule has 0 heterocycles. The van der Waals surface area contributed by atoms with Gasteiger partial charge in [0.25, 0.3) is 0 Å². The molecule has 1 aromatic carbocycles. The quantitative estimate of drug-likeness (QED) is 0.733. The summed E-state index contributed by atoms with van der Waals surface area (Å²) in [6.07, 6.45) is -4.44. The van der Waals surface area contributed by atoms with Crippen molar-refractivity contribution in [1.29, 1.82) is 0 Å². The maximum absolute atomic E-state index is 12.7. The van der Waals surface area contributed by atoms with Crippen LogP contribution in [0.15, 0.2) is 12.1 Å². The number of halogens is 4. The Balaban J connectivity index is 3.48. The maximum atomic E-state index is 12.7. The lowest BCUT2D eigenvalue weighted by Crippen LogP contribution is -2.11. The summed E-state index contributed by atoms with van der Waals surface area (Å²) in [7, 11) is 0. The Labute approximate surface area is 91.0 Å². The minimum Gasteiger partial charge on any atom is -0.399 e. The highest BCUT2D eigenvalue weighted by Gasteiger charge is 2.36. The predicted molar refractivity (Wildman–Crippen MR) is 55.0 cm³/mol. The van der Waals surface area contributed by atoms with Crippen LogP contribution in [-0.4, -0.2) is 0 Å². The zero-order valence-corrected chi connectivity index (χ0v) is 9.08. The van der Waals surface area contributed by atoms with Gasteiger partial charge in [-0.2, -0.15) is 13.2 Å². The topological polar surface area (TPSA) is 26.0 Å². The molecule has 0 saturated heterocycles. The first-order valence-electron chi connectivity index (χ1n) is 4.39. The maximum Gasteiger partial charge on any atom is 0.418 e. The van der Waals surface area contributed by atoms with Crippen molar-refractivity contribution in [2.75, 3.05) is 5.73 Å². The molecular weight excluding hydrogens is 227 g/mol. The number of hydrogen-bond acceptors (Lipinski definition) is 1. The van der Waals surface area contributed by atoms with Crippen molar-refractivity contribution in [3.63, 3.8) is 0 Å². The van der Waals surface area contributed by atoms with E-state index in [4.69, 9.17) is 17.3 Å². The summed E-state index contributed by atoms with van der Waals surface area (Å²) in [5.74, 6) is -0.275. The van der Waals surface area contributed by atoms with Crippen LogP contribution in [0.5, 0.6) is 0 Å². The summed E-state index contributed by atoms with van der Waals surface area (Å²) >= 11 is 5.56. The summed E-state index contributed by atoms with van der Waals surface area (Å²) in [6.45, 7) is 3.33. The van der Waals surface area contributed by atoms with Gasteiger partial charge in [-0.1, -0.05) is 25.4 Å². The molecule has 1 rings (SSSR count). The lowest BCUT2D eigenvalue weighted by Gasteiger charge is -2.17. The standard InChI is InChI=1S/C10H11ClF3N/c1-5(2)7-3-6(15)4-8(11)9(7)10(12,13)14/h3-5H,15H2,1-2H3. The second kappa shape index (κ2) is 3.93. The van der Waals surface area contributed by atoms with Gasteiger partial charge in [0.15, 0.2) is 0 Å². The van der Waals surface area contributed by atoms with E-state index in [1.165, 1.54) is 6.07 Å². The summed E-state index contributed by atoms with van der Waals surface area (Å²) < 4.78 is 38.0. The van der Waals surface area contributed by atoms with Gasteiger partial charge in [-0.15, -0.1) is 0 Å². The van der Waals surface area contributed by atoms with Gasteiger partial charge in [0.05, 0.1) is 10.6 Å². The van der Waals surface area contributed by atoms with Crippen molar-refractivity contribution in [3.8, 4) is 0 Å². The first-order valence-corrected chi connectivity index (χ1v) is 4.77. The lowest BCUT2D eigenvalue weighted by atomic mass is 9.96. The van der Waals surface area contributed by atoms with Crippen LogP contribution in [0.25, 0.3) is 0 Å². The largest absolute Gasteiger partial charge is 0.418 e. The molecule has 0 atom stereocenters. The fourth-order valence-corrected chi connectivity index (χ4v) is 1.75. The van der Waals surface area contributed by atoms with Gasteiger partial charge in [-0.3, -0.25) is 0 Å². The molecule has 15 heavy (non-hydrogen) atoms. The Kier molecular flexibility index (Phi) is 3.19. The molecular formula is C10H11ClF3N. The van der Waals surface area contributed by atoms with Gasteiger partial charge < -0.3 is 5.73 Å². The predicted octanol–water partition coefficient (Wildman–Crippen LogP) is 4.06. The summed E-state index contributed by atoms with van der Waals surface area (Å²) in [5, 5.41) is -0.341. The Morgan fingerprint density at radius 2 is 1.80 bits per heavy atom. The first kappa shape index (κ1) is 12.2. The first-order chi connectivity index (χ1) is 6.73. The number of alkyl halides is 3. The number of anilines is 1. The third-order valence-electron chi connectivity index (χ3n) is 2.05. The van der Waals surface area contributed by atoms with Crippen molar-refractivity contribution in [2.24, 2.45) is 0 Å². The molecule has 84 valence electrons. The minimum atomic E-state index is -4.44. The molecule has 0 saturated carbocycles. The van der Waals surface area contributed by atoms with Crippen molar-refractivity contribution >= 4 is 17.3 Å². The number of benzene rings is 1. The normalized spacial score (nSPS) is 12.2. The van der Waals surface area contributed by atoms with Crippen LogP contribution >= 0.6 is 11.6 Å². The van der Waals surface area contributed by atoms with E-state index in [0.717, 1.165) is 6.07 Å². The molecule has 1 nitrogen and oxygen atoms in total. The van der Waals surface area contributed by atoms with E-state index >= 15 is 0 Å². The molecule has 0 amide bonds. The van der Waals surface area contributed by atoms with Crippen LogP contribution < -0.4 is 5.73 Å². The zero-order chi connectivity index (χ0) is 11.8. The number of hydrogen-bond donors (Lipinski definition) is 1. The summed E-state index contributed by atoms with van der Waals surface area (Å²) in [6, 6.07) is 2.44. The molecule has 0 aliphatic rings. The second-order valence-electron chi connectivity index (χ2n) is 3.62. The summed E-state index contributed by atoms with van der Waals surface area (Å²) in [5.41, 5.74) is 5.05. The fourth-order valence-electron chi connectivity index (χ4n) is 1.40. The van der Waals surface area contributed by atoms with E-state index in [0.29, 0.717) is 0 Å². The summed E-state index contributed by atoms with van der Waals surface area (Å²) in [4.78, 5) is 0. The highest BCUT2D eigenvalue weighted by atomic mass is 35.5. The highest BCUT2D eigenvalue weighted by molar-refractivity contribution is 6.31. The molecule has 1 aromatic rings. The average molecular weight is 238 g/mol. The van der Waals surface area contributed by atoms with Gasteiger partial charge in [0.2, 0.25) is 0 Å². The number of nitrogen functional groups attached to an aromatic ring is 1. The zero-order valence-electron chi connectivity index (χ0n) is 8.32. The van der Waals surface area contributed by atoms with Gasteiger partial charge >= 0.3 is 6.18 Å². The Bertz CT molecular complexity index is 372. The van der Waals surface area contributed by atoms with Crippen molar-refractivity contribution in [1.82, 2.24) is 0 Å². The van der Waals surface area contributed by atoms with E-state index in [-0.39, 0.29) is 22.2 Å². The molecule has 0 aliphatic carbocycles. The van der Waals surface area contributed by atoms with Crippen LogP contribution in [0.3, 0.4) is 0 Å². The third-order valence-corrected chi connectivity index (χ3v) is 2.35. The van der Waals surface area contributed by atoms with E-state index in [2.05, 4.69) is 0 Å². The monoisotopic (exact) mass is 237 g/mol. The molecule has 0 bridgehead atoms. The van der Waals surface area contributed by atoms with E-state index in [1.807, 2.05) is 0 Å². The molecule has 0 spiro atoms. The van der Waals surface area contributed by atoms with Gasteiger partial charge in [0, 0.05) is 5.69 Å². The van der Waals surface area contributed by atoms with E-state index in [1.54, 1.807) is 13.8 Å². The Morgan fingerprint density at radius 1 is 1.27 bits per heavy atom. The van der Waals surface area contributed by atoms with Crippen molar-refractivity contribution in [2.45, 2.75) is 25.9 Å². The molecule has 0 aliphatic heterocycles. The number of nitrogens with two attached hydrogens (primary N) is 1. The van der Waals surface area contributed by atoms with Gasteiger partial charge in [-0.05, 0) is 23.6 Å². The molecule has 0 unspecified atom stereocenters. The third kappa shape index (κ3) is 2.56. The Hall–Kier alpha value is -0.900. The smallest absolute Gasteiger partial charge is 0.399 e. The van der Waals surface area contributed by atoms with Crippen molar-refractivity contribution < 1.29 is 13.2 Å². The van der Waals surface area contributed by atoms with Crippen molar-refractivity contribution in [3.05, 3.63) is 28.3 Å². The Morgan fingerprint density at radius 3 is 2.20 bits per heavy atom. The minimum absolute atomic E-state index is 0.132.